The minimum atomic E-state index is -0.172. The zero-order valence-corrected chi connectivity index (χ0v) is 10.2. The number of halogens is 1. The fourth-order valence-electron chi connectivity index (χ4n) is 1.03. The number of aromatic nitrogens is 2. The second-order valence-corrected chi connectivity index (χ2v) is 4.34. The first-order valence-electron chi connectivity index (χ1n) is 4.91. The molecule has 0 saturated carbocycles. The number of amides is 1. The molecule has 0 spiro atoms. The van der Waals surface area contributed by atoms with Crippen molar-refractivity contribution in [3.05, 3.63) is 16.9 Å². The molecule has 15 heavy (non-hydrogen) atoms. The van der Waals surface area contributed by atoms with Gasteiger partial charge in [-0.05, 0) is 12.8 Å². The average molecular weight is 230 g/mol. The zero-order chi connectivity index (χ0) is 11.6. The summed E-state index contributed by atoms with van der Waals surface area (Å²) >= 11 is 5.91. The second kappa shape index (κ2) is 4.66. The summed E-state index contributed by atoms with van der Waals surface area (Å²) in [5.41, 5.74) is 0.423. The Labute approximate surface area is 94.6 Å². The number of hydrogen-bond donors (Lipinski definition) is 1. The van der Waals surface area contributed by atoms with Crippen molar-refractivity contribution in [3.8, 4) is 0 Å². The number of nitrogens with zero attached hydrogens (tertiary/aromatic N) is 2. The van der Waals surface area contributed by atoms with Crippen LogP contribution in [0.4, 0.5) is 0 Å². The van der Waals surface area contributed by atoms with Crippen molar-refractivity contribution < 1.29 is 4.79 Å². The third-order valence-electron chi connectivity index (χ3n) is 2.47. The van der Waals surface area contributed by atoms with Crippen LogP contribution in [-0.2, 0) is 7.05 Å². The van der Waals surface area contributed by atoms with Crippen molar-refractivity contribution in [1.29, 1.82) is 0 Å². The van der Waals surface area contributed by atoms with Crippen molar-refractivity contribution in [2.24, 2.45) is 13.0 Å². The summed E-state index contributed by atoms with van der Waals surface area (Å²) in [5, 5.41) is 7.15. The number of rotatable bonds is 3. The summed E-state index contributed by atoms with van der Waals surface area (Å²) in [7, 11) is 1.70. The van der Waals surface area contributed by atoms with Crippen LogP contribution < -0.4 is 5.32 Å². The molecule has 0 aliphatic heterocycles. The molecule has 84 valence electrons. The summed E-state index contributed by atoms with van der Waals surface area (Å²) in [5.74, 6) is 0.221. The Morgan fingerprint density at radius 1 is 1.53 bits per heavy atom. The van der Waals surface area contributed by atoms with Gasteiger partial charge in [0.15, 0.2) is 0 Å². The maximum Gasteiger partial charge on any atom is 0.256 e. The van der Waals surface area contributed by atoms with Crippen LogP contribution in [-0.4, -0.2) is 21.7 Å². The number of nitrogens with one attached hydrogen (secondary N) is 1. The van der Waals surface area contributed by atoms with Gasteiger partial charge in [-0.25, -0.2) is 0 Å². The minimum Gasteiger partial charge on any atom is -0.349 e. The van der Waals surface area contributed by atoms with Gasteiger partial charge < -0.3 is 5.32 Å². The Hall–Kier alpha value is -1.03. The molecule has 0 radical (unpaired) electrons. The maximum absolute atomic E-state index is 11.7. The fraction of sp³-hybridized carbons (Fsp3) is 0.600. The quantitative estimate of drug-likeness (QED) is 0.860. The van der Waals surface area contributed by atoms with Gasteiger partial charge >= 0.3 is 0 Å². The highest BCUT2D eigenvalue weighted by molar-refractivity contribution is 6.32. The molecule has 5 heteroatoms. The molecule has 0 aromatic carbocycles. The van der Waals surface area contributed by atoms with E-state index >= 15 is 0 Å². The molecule has 1 amide bonds. The molecule has 0 aliphatic rings. The molecule has 0 saturated heterocycles. The molecule has 0 fully saturated rings. The number of carbonyl (C=O) groups is 1. The molecule has 1 aromatic rings. The molecule has 0 unspecified atom stereocenters. The van der Waals surface area contributed by atoms with Gasteiger partial charge in [0, 0.05) is 13.1 Å². The standard InChI is InChI=1S/C10H16ClN3O/c1-6(2)7(3)13-10(15)8-5-12-14(4)9(8)11/h5-7H,1-4H3,(H,13,15)/t7-/m1/s1. The monoisotopic (exact) mass is 229 g/mol. The van der Waals surface area contributed by atoms with Gasteiger partial charge in [0.2, 0.25) is 0 Å². The molecule has 1 N–H and O–H groups in total. The van der Waals surface area contributed by atoms with E-state index in [1.165, 1.54) is 10.9 Å². The van der Waals surface area contributed by atoms with Crippen LogP contribution in [0.15, 0.2) is 6.20 Å². The molecule has 1 aromatic heterocycles. The lowest BCUT2D eigenvalue weighted by atomic mass is 10.1. The summed E-state index contributed by atoms with van der Waals surface area (Å²) in [6, 6.07) is 0.119. The van der Waals surface area contributed by atoms with Gasteiger partial charge in [0.05, 0.1) is 11.8 Å². The normalized spacial score (nSPS) is 12.9. The van der Waals surface area contributed by atoms with Gasteiger partial charge in [0.1, 0.15) is 5.15 Å². The topological polar surface area (TPSA) is 46.9 Å². The second-order valence-electron chi connectivity index (χ2n) is 3.98. The molecule has 1 heterocycles. The van der Waals surface area contributed by atoms with Crippen LogP contribution in [0.5, 0.6) is 0 Å². The Kier molecular flexibility index (Phi) is 3.74. The number of carbonyl (C=O) groups excluding carboxylic acids is 1. The van der Waals surface area contributed by atoms with E-state index in [4.69, 9.17) is 11.6 Å². The van der Waals surface area contributed by atoms with E-state index < -0.39 is 0 Å². The summed E-state index contributed by atoms with van der Waals surface area (Å²) in [4.78, 5) is 11.7. The van der Waals surface area contributed by atoms with Gasteiger partial charge in [-0.2, -0.15) is 5.10 Å². The number of aryl methyl sites for hydroxylation is 1. The fourth-order valence-corrected chi connectivity index (χ4v) is 1.20. The Morgan fingerprint density at radius 3 is 2.53 bits per heavy atom. The van der Waals surface area contributed by atoms with Gasteiger partial charge in [-0.1, -0.05) is 25.4 Å². The highest BCUT2D eigenvalue weighted by Crippen LogP contribution is 2.14. The third-order valence-corrected chi connectivity index (χ3v) is 2.92. The highest BCUT2D eigenvalue weighted by Gasteiger charge is 2.17. The van der Waals surface area contributed by atoms with Crippen molar-refractivity contribution >= 4 is 17.5 Å². The predicted octanol–water partition coefficient (Wildman–Crippen LogP) is 1.85. The molecular weight excluding hydrogens is 214 g/mol. The summed E-state index contributed by atoms with van der Waals surface area (Å²) < 4.78 is 1.47. The Morgan fingerprint density at radius 2 is 2.13 bits per heavy atom. The predicted molar refractivity (Wildman–Crippen MR) is 60.0 cm³/mol. The van der Waals surface area contributed by atoms with E-state index in [2.05, 4.69) is 24.3 Å². The molecule has 1 rings (SSSR count). The van der Waals surface area contributed by atoms with Crippen LogP contribution in [0.2, 0.25) is 5.15 Å². The average Bonchev–Trinajstić information content (AvgIpc) is 2.47. The maximum atomic E-state index is 11.7. The van der Waals surface area contributed by atoms with Crippen molar-refractivity contribution in [2.75, 3.05) is 0 Å². The lowest BCUT2D eigenvalue weighted by molar-refractivity contribution is 0.0930. The highest BCUT2D eigenvalue weighted by atomic mass is 35.5. The van der Waals surface area contributed by atoms with Gasteiger partial charge in [-0.3, -0.25) is 9.48 Å². The van der Waals surface area contributed by atoms with Crippen LogP contribution in [0.3, 0.4) is 0 Å². The first kappa shape index (κ1) is 12.0. The zero-order valence-electron chi connectivity index (χ0n) is 9.41. The summed E-state index contributed by atoms with van der Waals surface area (Å²) in [6.45, 7) is 6.07. The Bertz CT molecular complexity index is 360. The van der Waals surface area contributed by atoms with Crippen molar-refractivity contribution in [3.63, 3.8) is 0 Å². The van der Waals surface area contributed by atoms with Crippen LogP contribution in [0.25, 0.3) is 0 Å². The smallest absolute Gasteiger partial charge is 0.256 e. The van der Waals surface area contributed by atoms with Crippen molar-refractivity contribution in [2.45, 2.75) is 26.8 Å². The molecule has 0 aliphatic carbocycles. The van der Waals surface area contributed by atoms with E-state index in [0.29, 0.717) is 16.6 Å². The first-order chi connectivity index (χ1) is 6.93. The SMILES string of the molecule is CC(C)[C@@H](C)NC(=O)c1cnn(C)c1Cl. The van der Waals surface area contributed by atoms with Crippen LogP contribution >= 0.6 is 11.6 Å². The van der Waals surface area contributed by atoms with Crippen LogP contribution in [0, 0.1) is 5.92 Å². The van der Waals surface area contributed by atoms with E-state index in [0.717, 1.165) is 0 Å². The lowest BCUT2D eigenvalue weighted by Crippen LogP contribution is -2.36. The Balaban J connectivity index is 2.74. The van der Waals surface area contributed by atoms with Crippen LogP contribution in [0.1, 0.15) is 31.1 Å². The van der Waals surface area contributed by atoms with E-state index in [9.17, 15) is 4.79 Å². The van der Waals surface area contributed by atoms with E-state index in [1.807, 2.05) is 6.92 Å². The minimum absolute atomic E-state index is 0.119. The van der Waals surface area contributed by atoms with E-state index in [1.54, 1.807) is 7.05 Å². The molecular formula is C10H16ClN3O. The summed E-state index contributed by atoms with van der Waals surface area (Å²) in [6.07, 6.45) is 1.48. The van der Waals surface area contributed by atoms with Gasteiger partial charge in [-0.15, -0.1) is 0 Å². The van der Waals surface area contributed by atoms with Gasteiger partial charge in [0.25, 0.3) is 5.91 Å². The molecule has 1 atom stereocenters. The molecule has 0 bridgehead atoms. The third kappa shape index (κ3) is 2.72. The number of hydrogen-bond acceptors (Lipinski definition) is 2. The first-order valence-corrected chi connectivity index (χ1v) is 5.29. The van der Waals surface area contributed by atoms with Crippen molar-refractivity contribution in [1.82, 2.24) is 15.1 Å². The lowest BCUT2D eigenvalue weighted by Gasteiger charge is -2.16. The van der Waals surface area contributed by atoms with E-state index in [-0.39, 0.29) is 11.9 Å². The largest absolute Gasteiger partial charge is 0.349 e. The molecule has 4 nitrogen and oxygen atoms in total.